The number of hydrogen-bond donors (Lipinski definition) is 0. The lowest BCUT2D eigenvalue weighted by molar-refractivity contribution is -0.384. The topological polar surface area (TPSA) is 125 Å². The lowest BCUT2D eigenvalue weighted by atomic mass is 9.89. The largest absolute Gasteiger partial charge is 0.269 e. The van der Waals surface area contributed by atoms with Gasteiger partial charge in [-0.2, -0.15) is 10.5 Å². The third-order valence-corrected chi connectivity index (χ3v) is 9.30. The number of nitriles is 2. The van der Waals surface area contributed by atoms with E-state index in [2.05, 4.69) is 0 Å². The maximum Gasteiger partial charge on any atom is 0.269 e. The Morgan fingerprint density at radius 3 is 1.53 bits per heavy atom. The fourth-order valence-corrected chi connectivity index (χ4v) is 7.28. The van der Waals surface area contributed by atoms with Gasteiger partial charge in [0.25, 0.3) is 5.69 Å². The maximum absolute atomic E-state index is 13.9. The summed E-state index contributed by atoms with van der Waals surface area (Å²) in [6.45, 7) is 3.77. The van der Waals surface area contributed by atoms with Gasteiger partial charge in [-0.05, 0) is 43.7 Å². The van der Waals surface area contributed by atoms with Crippen LogP contribution in [0.25, 0.3) is 0 Å². The van der Waals surface area contributed by atoms with Gasteiger partial charge in [0.1, 0.15) is 10.5 Å². The first-order valence-corrected chi connectivity index (χ1v) is 12.7. The minimum Gasteiger partial charge on any atom is -0.258 e. The van der Waals surface area contributed by atoms with Crippen LogP contribution in [0, 0.1) is 52.5 Å². The van der Waals surface area contributed by atoms with Gasteiger partial charge >= 0.3 is 0 Å². The van der Waals surface area contributed by atoms with Crippen LogP contribution in [0.15, 0.2) is 82.6 Å². The Balaban J connectivity index is 2.21. The number of nitro benzene ring substituents is 1. The molecule has 2 unspecified atom stereocenters. The summed E-state index contributed by atoms with van der Waals surface area (Å²) in [5.74, 6) is -2.31. The van der Waals surface area contributed by atoms with E-state index in [1.807, 2.05) is 26.0 Å². The zero-order valence-electron chi connectivity index (χ0n) is 18.5. The summed E-state index contributed by atoms with van der Waals surface area (Å²) in [6.07, 6.45) is 0. The molecule has 3 aromatic rings. The number of hydrogen-bond acceptors (Lipinski definition) is 6. The molecule has 0 saturated heterocycles. The zero-order chi connectivity index (χ0) is 24.8. The van der Waals surface area contributed by atoms with Gasteiger partial charge in [-0.15, -0.1) is 0 Å². The van der Waals surface area contributed by atoms with Crippen molar-refractivity contribution in [2.75, 3.05) is 0 Å². The number of benzene rings is 3. The Bertz CT molecular complexity index is 1240. The first kappa shape index (κ1) is 25.0. The van der Waals surface area contributed by atoms with E-state index in [1.165, 1.54) is 24.3 Å². The normalized spacial score (nSPS) is 14.4. The van der Waals surface area contributed by atoms with Crippen LogP contribution in [-0.4, -0.2) is 17.9 Å². The predicted octanol–water partition coefficient (Wildman–Crippen LogP) is 4.90. The van der Waals surface area contributed by atoms with Crippen molar-refractivity contribution in [3.63, 3.8) is 0 Å². The molecule has 0 saturated carbocycles. The van der Waals surface area contributed by atoms with Gasteiger partial charge in [-0.25, -0.2) is 0 Å². The van der Waals surface area contributed by atoms with E-state index in [9.17, 15) is 29.1 Å². The van der Waals surface area contributed by atoms with E-state index in [0.29, 0.717) is 15.4 Å². The minimum absolute atomic E-state index is 0.163. The van der Waals surface area contributed by atoms with Gasteiger partial charge in [0.15, 0.2) is 0 Å². The molecule has 0 aliphatic heterocycles. The van der Waals surface area contributed by atoms with Crippen molar-refractivity contribution < 1.29 is 13.3 Å². The van der Waals surface area contributed by atoms with Crippen LogP contribution in [0.4, 0.5) is 5.69 Å². The quantitative estimate of drug-likeness (QED) is 0.326. The summed E-state index contributed by atoms with van der Waals surface area (Å²) < 4.78 is 26.6. The van der Waals surface area contributed by atoms with Crippen molar-refractivity contribution in [1.29, 1.82) is 10.5 Å². The molecule has 0 spiro atoms. The minimum atomic E-state index is -1.87. The van der Waals surface area contributed by atoms with Crippen molar-refractivity contribution >= 4 is 27.3 Å². The van der Waals surface area contributed by atoms with Crippen LogP contribution in [0.2, 0.25) is 0 Å². The Kier molecular flexibility index (Phi) is 8.06. The molecule has 34 heavy (non-hydrogen) atoms. The second-order valence-corrected chi connectivity index (χ2v) is 11.1. The summed E-state index contributed by atoms with van der Waals surface area (Å²) in [6, 6.07) is 23.1. The summed E-state index contributed by atoms with van der Waals surface area (Å²) in [4.78, 5) is 11.4. The van der Waals surface area contributed by atoms with E-state index in [-0.39, 0.29) is 5.69 Å². The summed E-state index contributed by atoms with van der Waals surface area (Å²) in [5, 5.41) is 30.6. The maximum atomic E-state index is 13.9. The Hall–Kier alpha value is -3.66. The lowest BCUT2D eigenvalue weighted by Gasteiger charge is -2.27. The number of nitro groups is 1. The monoisotopic (exact) mass is 491 g/mol. The average Bonchev–Trinajstić information content (AvgIpc) is 2.84. The van der Waals surface area contributed by atoms with Crippen molar-refractivity contribution in [2.45, 2.75) is 34.1 Å². The molecule has 0 N–H and O–H groups in total. The molecule has 0 fully saturated rings. The second kappa shape index (κ2) is 11.0. The molecule has 0 bridgehead atoms. The second-order valence-electron chi connectivity index (χ2n) is 7.70. The highest BCUT2D eigenvalue weighted by atomic mass is 32.2. The number of aryl methyl sites for hydroxylation is 2. The molecular formula is C25H21N3O4S2. The van der Waals surface area contributed by atoms with E-state index in [1.54, 1.807) is 48.5 Å². The Morgan fingerprint density at radius 2 is 1.18 bits per heavy atom. The highest BCUT2D eigenvalue weighted by Crippen LogP contribution is 2.37. The zero-order valence-corrected chi connectivity index (χ0v) is 20.1. The van der Waals surface area contributed by atoms with Gasteiger partial charge in [0, 0.05) is 27.8 Å². The van der Waals surface area contributed by atoms with Crippen molar-refractivity contribution in [1.82, 2.24) is 0 Å². The van der Waals surface area contributed by atoms with Gasteiger partial charge in [-0.1, -0.05) is 47.5 Å². The molecule has 0 amide bonds. The van der Waals surface area contributed by atoms with Crippen LogP contribution in [0.5, 0.6) is 0 Å². The average molecular weight is 492 g/mol. The van der Waals surface area contributed by atoms with Crippen molar-refractivity contribution in [2.24, 2.45) is 5.92 Å². The highest BCUT2D eigenvalue weighted by molar-refractivity contribution is 8.03. The summed E-state index contributed by atoms with van der Waals surface area (Å²) in [5.41, 5.74) is 2.13. The molecular weight excluding hydrogens is 470 g/mol. The van der Waals surface area contributed by atoms with Crippen LogP contribution in [0.3, 0.4) is 0 Å². The van der Waals surface area contributed by atoms with Crippen molar-refractivity contribution in [3.05, 3.63) is 99.6 Å². The third kappa shape index (κ3) is 5.45. The van der Waals surface area contributed by atoms with Crippen LogP contribution in [-0.2, 0) is 21.6 Å². The third-order valence-electron chi connectivity index (χ3n) is 5.35. The lowest BCUT2D eigenvalue weighted by Crippen LogP contribution is -2.33. The Labute approximate surface area is 202 Å². The van der Waals surface area contributed by atoms with Crippen molar-refractivity contribution in [3.8, 4) is 12.1 Å². The summed E-state index contributed by atoms with van der Waals surface area (Å²) in [7, 11) is -3.74. The SMILES string of the molecule is Cc1ccc(S(=O)C([C@H](c2ccc([N+](=O)[O-])cc2)C(C#N)C#N)S(=O)c2ccc(C)cc2)cc1. The smallest absolute Gasteiger partial charge is 0.258 e. The first-order valence-electron chi connectivity index (χ1n) is 10.2. The van der Waals surface area contributed by atoms with Crippen LogP contribution in [0.1, 0.15) is 22.6 Å². The predicted molar refractivity (Wildman–Crippen MR) is 130 cm³/mol. The van der Waals surface area contributed by atoms with E-state index >= 15 is 0 Å². The molecule has 3 atom stereocenters. The Morgan fingerprint density at radius 1 is 0.765 bits per heavy atom. The number of rotatable bonds is 8. The summed E-state index contributed by atoms with van der Waals surface area (Å²) >= 11 is 0. The van der Waals surface area contributed by atoms with E-state index in [4.69, 9.17) is 0 Å². The van der Waals surface area contributed by atoms with E-state index < -0.39 is 42.9 Å². The highest BCUT2D eigenvalue weighted by Gasteiger charge is 2.40. The molecule has 7 nitrogen and oxygen atoms in total. The number of nitrogens with zero attached hydrogens (tertiary/aromatic N) is 3. The molecule has 0 aliphatic rings. The fraction of sp³-hybridized carbons (Fsp3) is 0.200. The number of non-ortho nitro benzene ring substituents is 1. The molecule has 3 aromatic carbocycles. The molecule has 0 heterocycles. The molecule has 172 valence electrons. The van der Waals surface area contributed by atoms with E-state index in [0.717, 1.165) is 11.1 Å². The van der Waals surface area contributed by atoms with Gasteiger partial charge < -0.3 is 0 Å². The van der Waals surface area contributed by atoms with Crippen LogP contribution >= 0.6 is 0 Å². The fourth-order valence-electron chi connectivity index (χ4n) is 3.47. The van der Waals surface area contributed by atoms with Crippen LogP contribution < -0.4 is 0 Å². The molecule has 9 heteroatoms. The molecule has 0 aromatic heterocycles. The first-order chi connectivity index (χ1) is 16.3. The van der Waals surface area contributed by atoms with Gasteiger partial charge in [-0.3, -0.25) is 18.5 Å². The molecule has 0 radical (unpaired) electrons. The molecule has 0 aliphatic carbocycles. The van der Waals surface area contributed by atoms with Gasteiger partial charge in [0.2, 0.25) is 0 Å². The standard InChI is InChI=1S/C25H21N3O4S2/c1-17-3-11-22(12-4-17)33(31)25(34(32)23-13-5-18(2)6-14-23)24(20(15-26)16-27)19-7-9-21(10-8-19)28(29)30/h3-14,20,24-25H,1-2H3/t24-,25?,33?,34?/m1/s1. The molecule has 3 rings (SSSR count). The van der Waals surface area contributed by atoms with Gasteiger partial charge in [0.05, 0.1) is 38.7 Å².